The van der Waals surface area contributed by atoms with E-state index in [9.17, 15) is 4.79 Å². The van der Waals surface area contributed by atoms with E-state index in [4.69, 9.17) is 0 Å². The number of hydrogen-bond acceptors (Lipinski definition) is 2. The Morgan fingerprint density at radius 3 is 2.72 bits per heavy atom. The Hall–Kier alpha value is -1.35. The molecule has 1 aliphatic rings. The lowest BCUT2D eigenvalue weighted by molar-refractivity contribution is -0.123. The first-order valence-corrected chi connectivity index (χ1v) is 6.84. The summed E-state index contributed by atoms with van der Waals surface area (Å²) in [5, 5.41) is 3.04. The number of benzene rings is 1. The lowest BCUT2D eigenvalue weighted by Crippen LogP contribution is -2.39. The Morgan fingerprint density at radius 2 is 2.06 bits per heavy atom. The zero-order valence-electron chi connectivity index (χ0n) is 11.3. The maximum atomic E-state index is 12.0. The molecular formula is C15H22N2O. The normalized spacial score (nSPS) is 17.2. The van der Waals surface area contributed by atoms with E-state index in [1.165, 1.54) is 11.1 Å². The standard InChI is InChI=1S/C15H22N2O/c1-3-17(4-2)10-9-16-15(18)14-11-12-7-5-6-8-13(12)14/h5-8,14H,3-4,9-11H2,1-2H3,(H,16,18)/t14-/m0/s1. The molecule has 1 aliphatic carbocycles. The summed E-state index contributed by atoms with van der Waals surface area (Å²) in [7, 11) is 0. The van der Waals surface area contributed by atoms with Gasteiger partial charge in [0.05, 0.1) is 5.92 Å². The molecule has 0 bridgehead atoms. The zero-order valence-corrected chi connectivity index (χ0v) is 11.3. The van der Waals surface area contributed by atoms with Gasteiger partial charge in [0.25, 0.3) is 0 Å². The van der Waals surface area contributed by atoms with Gasteiger partial charge in [-0.2, -0.15) is 0 Å². The van der Waals surface area contributed by atoms with Crippen LogP contribution in [0.5, 0.6) is 0 Å². The summed E-state index contributed by atoms with van der Waals surface area (Å²) in [4.78, 5) is 14.3. The molecule has 1 aromatic rings. The lowest BCUT2D eigenvalue weighted by atomic mass is 9.77. The van der Waals surface area contributed by atoms with E-state index in [1.807, 2.05) is 12.1 Å². The Morgan fingerprint density at radius 1 is 1.33 bits per heavy atom. The molecule has 3 nitrogen and oxygen atoms in total. The van der Waals surface area contributed by atoms with Crippen molar-refractivity contribution >= 4 is 5.91 Å². The van der Waals surface area contributed by atoms with Crippen molar-refractivity contribution in [1.82, 2.24) is 10.2 Å². The highest BCUT2D eigenvalue weighted by atomic mass is 16.1. The van der Waals surface area contributed by atoms with Gasteiger partial charge in [-0.05, 0) is 30.6 Å². The van der Waals surface area contributed by atoms with E-state index in [2.05, 4.69) is 36.2 Å². The number of nitrogens with one attached hydrogen (secondary N) is 1. The highest BCUT2D eigenvalue weighted by Gasteiger charge is 2.31. The molecule has 0 saturated heterocycles. The summed E-state index contributed by atoms with van der Waals surface area (Å²) in [6, 6.07) is 8.21. The number of fused-ring (bicyclic) bond motifs is 1. The number of hydrogen-bond donors (Lipinski definition) is 1. The van der Waals surface area contributed by atoms with E-state index >= 15 is 0 Å². The van der Waals surface area contributed by atoms with Gasteiger partial charge in [0, 0.05) is 13.1 Å². The maximum Gasteiger partial charge on any atom is 0.227 e. The zero-order chi connectivity index (χ0) is 13.0. The summed E-state index contributed by atoms with van der Waals surface area (Å²) >= 11 is 0. The van der Waals surface area contributed by atoms with Crippen LogP contribution in [0.25, 0.3) is 0 Å². The molecule has 18 heavy (non-hydrogen) atoms. The van der Waals surface area contributed by atoms with Gasteiger partial charge in [-0.15, -0.1) is 0 Å². The van der Waals surface area contributed by atoms with E-state index in [-0.39, 0.29) is 11.8 Å². The van der Waals surface area contributed by atoms with Crippen molar-refractivity contribution in [3.8, 4) is 0 Å². The minimum atomic E-state index is 0.0814. The molecule has 0 heterocycles. The SMILES string of the molecule is CCN(CC)CCNC(=O)[C@H]1Cc2ccccc21. The average molecular weight is 246 g/mol. The summed E-state index contributed by atoms with van der Waals surface area (Å²) in [5.74, 6) is 0.263. The number of carbonyl (C=O) groups excluding carboxylic acids is 1. The largest absolute Gasteiger partial charge is 0.354 e. The molecule has 0 fully saturated rings. The quantitative estimate of drug-likeness (QED) is 0.830. The van der Waals surface area contributed by atoms with Crippen LogP contribution in [0.3, 0.4) is 0 Å². The average Bonchev–Trinajstić information content (AvgIpc) is 2.36. The monoisotopic (exact) mass is 246 g/mol. The Kier molecular flexibility index (Phi) is 4.37. The first-order chi connectivity index (χ1) is 8.76. The highest BCUT2D eigenvalue weighted by Crippen LogP contribution is 2.34. The molecule has 0 aliphatic heterocycles. The van der Waals surface area contributed by atoms with Crippen molar-refractivity contribution in [2.75, 3.05) is 26.2 Å². The van der Waals surface area contributed by atoms with Gasteiger partial charge in [-0.3, -0.25) is 4.79 Å². The van der Waals surface area contributed by atoms with Crippen LogP contribution >= 0.6 is 0 Å². The molecule has 0 spiro atoms. The van der Waals surface area contributed by atoms with Gasteiger partial charge < -0.3 is 10.2 Å². The van der Waals surface area contributed by atoms with Crippen molar-refractivity contribution in [1.29, 1.82) is 0 Å². The number of likely N-dealkylation sites (N-methyl/N-ethyl adjacent to an activating group) is 1. The van der Waals surface area contributed by atoms with Crippen molar-refractivity contribution in [2.45, 2.75) is 26.2 Å². The van der Waals surface area contributed by atoms with E-state index in [0.717, 1.165) is 32.6 Å². The number of rotatable bonds is 6. The Labute approximate surface area is 109 Å². The fraction of sp³-hybridized carbons (Fsp3) is 0.533. The molecule has 0 unspecified atom stereocenters. The van der Waals surface area contributed by atoms with Gasteiger partial charge in [-0.1, -0.05) is 38.1 Å². The third kappa shape index (κ3) is 2.72. The summed E-state index contributed by atoms with van der Waals surface area (Å²) in [6.07, 6.45) is 0.896. The number of nitrogens with zero attached hydrogens (tertiary/aromatic N) is 1. The summed E-state index contributed by atoms with van der Waals surface area (Å²) in [5.41, 5.74) is 2.53. The van der Waals surface area contributed by atoms with Gasteiger partial charge in [0.15, 0.2) is 0 Å². The van der Waals surface area contributed by atoms with Crippen LogP contribution in [0.4, 0.5) is 0 Å². The molecular weight excluding hydrogens is 224 g/mol. The minimum Gasteiger partial charge on any atom is -0.354 e. The van der Waals surface area contributed by atoms with E-state index in [0.29, 0.717) is 0 Å². The molecule has 1 aromatic carbocycles. The van der Waals surface area contributed by atoms with Gasteiger partial charge in [0.2, 0.25) is 5.91 Å². The fourth-order valence-electron chi connectivity index (χ4n) is 2.49. The Bertz CT molecular complexity index is 413. The van der Waals surface area contributed by atoms with Crippen LogP contribution in [0.1, 0.15) is 30.9 Å². The smallest absolute Gasteiger partial charge is 0.227 e. The minimum absolute atomic E-state index is 0.0814. The predicted molar refractivity (Wildman–Crippen MR) is 73.7 cm³/mol. The van der Waals surface area contributed by atoms with Crippen molar-refractivity contribution in [3.05, 3.63) is 35.4 Å². The van der Waals surface area contributed by atoms with E-state index in [1.54, 1.807) is 0 Å². The van der Waals surface area contributed by atoms with Crippen LogP contribution in [0.2, 0.25) is 0 Å². The molecule has 0 aromatic heterocycles. The number of amides is 1. The molecule has 1 N–H and O–H groups in total. The lowest BCUT2D eigenvalue weighted by Gasteiger charge is -2.29. The first kappa shape index (κ1) is 13.1. The molecule has 2 rings (SSSR count). The second-order valence-electron chi connectivity index (χ2n) is 4.77. The third-order valence-electron chi connectivity index (χ3n) is 3.79. The Balaban J connectivity index is 1.77. The van der Waals surface area contributed by atoms with Crippen LogP contribution in [-0.2, 0) is 11.2 Å². The van der Waals surface area contributed by atoms with Crippen LogP contribution in [-0.4, -0.2) is 37.0 Å². The molecule has 1 amide bonds. The van der Waals surface area contributed by atoms with Crippen molar-refractivity contribution < 1.29 is 4.79 Å². The van der Waals surface area contributed by atoms with Crippen LogP contribution < -0.4 is 5.32 Å². The van der Waals surface area contributed by atoms with Gasteiger partial charge in [0.1, 0.15) is 0 Å². The molecule has 3 heteroatoms. The van der Waals surface area contributed by atoms with Gasteiger partial charge >= 0.3 is 0 Å². The highest BCUT2D eigenvalue weighted by molar-refractivity contribution is 5.86. The second kappa shape index (κ2) is 6.01. The fourth-order valence-corrected chi connectivity index (χ4v) is 2.49. The van der Waals surface area contributed by atoms with Gasteiger partial charge in [-0.25, -0.2) is 0 Å². The molecule has 98 valence electrons. The molecule has 0 radical (unpaired) electrons. The second-order valence-corrected chi connectivity index (χ2v) is 4.77. The van der Waals surface area contributed by atoms with Crippen molar-refractivity contribution in [3.63, 3.8) is 0 Å². The summed E-state index contributed by atoms with van der Waals surface area (Å²) in [6.45, 7) is 8.06. The van der Waals surface area contributed by atoms with Crippen LogP contribution in [0, 0.1) is 0 Å². The molecule has 0 saturated carbocycles. The van der Waals surface area contributed by atoms with Crippen LogP contribution in [0.15, 0.2) is 24.3 Å². The van der Waals surface area contributed by atoms with E-state index < -0.39 is 0 Å². The van der Waals surface area contributed by atoms with Crippen molar-refractivity contribution in [2.24, 2.45) is 0 Å². The maximum absolute atomic E-state index is 12.0. The predicted octanol–water partition coefficient (Wildman–Crippen LogP) is 1.78. The third-order valence-corrected chi connectivity index (χ3v) is 3.79. The first-order valence-electron chi connectivity index (χ1n) is 6.84. The molecule has 1 atom stereocenters. The number of carbonyl (C=O) groups is 1. The topological polar surface area (TPSA) is 32.3 Å². The summed E-state index contributed by atoms with van der Waals surface area (Å²) < 4.78 is 0.